The third-order valence-corrected chi connectivity index (χ3v) is 4.88. The first-order valence-corrected chi connectivity index (χ1v) is 8.89. The molecule has 0 bridgehead atoms. The molecular weight excluding hydrogens is 373 g/mol. The summed E-state index contributed by atoms with van der Waals surface area (Å²) in [4.78, 5) is 22.9. The zero-order valence-corrected chi connectivity index (χ0v) is 14.7. The van der Waals surface area contributed by atoms with Gasteiger partial charge in [0.2, 0.25) is 0 Å². The molecule has 1 aliphatic carbocycles. The number of hydrogen-bond acceptors (Lipinski definition) is 3. The number of aliphatic carboxylic acids is 1. The van der Waals surface area contributed by atoms with Gasteiger partial charge in [0.05, 0.1) is 0 Å². The summed E-state index contributed by atoms with van der Waals surface area (Å²) in [5.41, 5.74) is 4.54. The number of carbonyl (C=O) groups excluding carboxylic acids is 1. The molecule has 0 spiro atoms. The van der Waals surface area contributed by atoms with E-state index in [1.807, 2.05) is 36.4 Å². The Balaban J connectivity index is 1.74. The van der Waals surface area contributed by atoms with Crippen LogP contribution in [0.5, 0.6) is 0 Å². The van der Waals surface area contributed by atoms with Gasteiger partial charge in [-0.1, -0.05) is 0 Å². The van der Waals surface area contributed by atoms with Crippen molar-refractivity contribution < 1.29 is 19.4 Å². The van der Waals surface area contributed by atoms with Crippen molar-refractivity contribution in [2.45, 2.75) is 17.3 Å². The third-order valence-electron chi connectivity index (χ3n) is 4.12. The Labute approximate surface area is 147 Å². The number of fused-ring (bicyclic) bond motifs is 3. The molecule has 0 aromatic heterocycles. The van der Waals surface area contributed by atoms with Gasteiger partial charge in [0.15, 0.2) is 0 Å². The van der Waals surface area contributed by atoms with Crippen LogP contribution in [-0.2, 0) is 9.53 Å². The molecule has 0 aliphatic heterocycles. The van der Waals surface area contributed by atoms with Gasteiger partial charge in [0, 0.05) is 0 Å². The van der Waals surface area contributed by atoms with Crippen molar-refractivity contribution in [2.75, 3.05) is 6.61 Å². The molecular formula is C18H17NO4Se. The van der Waals surface area contributed by atoms with Crippen LogP contribution < -0.4 is 5.32 Å². The van der Waals surface area contributed by atoms with E-state index in [-0.39, 0.29) is 17.8 Å². The maximum atomic E-state index is 11.9. The molecule has 2 aromatic carbocycles. The molecule has 0 saturated heterocycles. The van der Waals surface area contributed by atoms with Gasteiger partial charge in [-0.05, 0) is 0 Å². The molecule has 0 unspecified atom stereocenters. The number of hydrogen-bond donors (Lipinski definition) is 2. The summed E-state index contributed by atoms with van der Waals surface area (Å²) in [6.07, 6.45) is -0.713. The van der Waals surface area contributed by atoms with E-state index in [9.17, 15) is 9.59 Å². The zero-order chi connectivity index (χ0) is 17.1. The van der Waals surface area contributed by atoms with E-state index in [1.54, 1.807) is 0 Å². The van der Waals surface area contributed by atoms with Crippen LogP contribution >= 0.6 is 0 Å². The van der Waals surface area contributed by atoms with E-state index in [2.05, 4.69) is 33.5 Å². The number of carbonyl (C=O) groups is 2. The van der Waals surface area contributed by atoms with Gasteiger partial charge in [-0.25, -0.2) is 0 Å². The van der Waals surface area contributed by atoms with Crippen molar-refractivity contribution in [1.29, 1.82) is 0 Å². The van der Waals surface area contributed by atoms with E-state index in [0.29, 0.717) is 0 Å². The predicted octanol–water partition coefficient (Wildman–Crippen LogP) is 2.30. The van der Waals surface area contributed by atoms with Gasteiger partial charge in [-0.3, -0.25) is 0 Å². The number of benzene rings is 2. The Hall–Kier alpha value is -2.30. The van der Waals surface area contributed by atoms with Crippen LogP contribution in [0.15, 0.2) is 48.5 Å². The summed E-state index contributed by atoms with van der Waals surface area (Å²) >= 11 is 2.15. The molecule has 0 heterocycles. The summed E-state index contributed by atoms with van der Waals surface area (Å²) in [6, 6.07) is 15.1. The number of rotatable bonds is 5. The quantitative estimate of drug-likeness (QED) is 0.769. The molecule has 0 saturated carbocycles. The SMILES string of the molecule is O=C(N[C@@H](C[SeH])C(=O)O)OCC1c2ccccc2-c2ccccc21. The standard InChI is InChI=1S/C18H17NO4Se/c20-17(21)16(10-24)19-18(22)23-9-15-13-7-3-1-5-11(13)12-6-2-4-8-14(12)15/h1-8,15-16,24H,9-10H2,(H,19,22)(H,20,21)/t16-/m0/s1. The fraction of sp³-hybridized carbons (Fsp3) is 0.222. The molecule has 6 heteroatoms. The van der Waals surface area contributed by atoms with Crippen molar-refractivity contribution in [3.05, 3.63) is 59.7 Å². The van der Waals surface area contributed by atoms with E-state index in [0.717, 1.165) is 22.3 Å². The summed E-state index contributed by atoms with van der Waals surface area (Å²) in [7, 11) is 0. The first-order valence-electron chi connectivity index (χ1n) is 7.57. The number of ether oxygens (including phenoxy) is 1. The number of carboxylic acids is 1. The van der Waals surface area contributed by atoms with E-state index < -0.39 is 18.1 Å². The monoisotopic (exact) mass is 391 g/mol. The molecule has 1 aliphatic rings. The molecule has 1 amide bonds. The average molecular weight is 390 g/mol. The zero-order valence-electron chi connectivity index (χ0n) is 12.8. The fourth-order valence-electron chi connectivity index (χ4n) is 2.97. The first-order chi connectivity index (χ1) is 11.6. The van der Waals surface area contributed by atoms with Crippen LogP contribution in [0, 0.1) is 0 Å². The van der Waals surface area contributed by atoms with E-state index in [4.69, 9.17) is 9.84 Å². The van der Waals surface area contributed by atoms with Gasteiger partial charge >= 0.3 is 147 Å². The second kappa shape index (κ2) is 7.07. The number of nitrogens with one attached hydrogen (secondary N) is 1. The maximum absolute atomic E-state index is 11.9. The molecule has 0 radical (unpaired) electrons. The third kappa shape index (κ3) is 3.16. The van der Waals surface area contributed by atoms with Gasteiger partial charge in [-0.15, -0.1) is 0 Å². The van der Waals surface area contributed by atoms with Crippen molar-refractivity contribution >= 4 is 28.1 Å². The van der Waals surface area contributed by atoms with E-state index >= 15 is 0 Å². The molecule has 2 aromatic rings. The Morgan fingerprint density at radius 1 is 1.08 bits per heavy atom. The number of alkyl carbamates (subject to hydrolysis) is 1. The van der Waals surface area contributed by atoms with Crippen molar-refractivity contribution in [2.24, 2.45) is 0 Å². The Kier molecular flexibility index (Phi) is 4.88. The van der Waals surface area contributed by atoms with Crippen molar-refractivity contribution in [1.82, 2.24) is 5.32 Å². The number of carboxylic acid groups (broad SMARTS) is 1. The fourth-order valence-corrected chi connectivity index (χ4v) is 3.49. The minimum atomic E-state index is -1.08. The summed E-state index contributed by atoms with van der Waals surface area (Å²) < 4.78 is 5.30. The molecule has 3 rings (SSSR count). The predicted molar refractivity (Wildman–Crippen MR) is 91.6 cm³/mol. The number of amides is 1. The minimum absolute atomic E-state index is 0.0381. The molecule has 1 atom stereocenters. The molecule has 0 fully saturated rings. The Bertz CT molecular complexity index is 732. The molecule has 5 nitrogen and oxygen atoms in total. The molecule has 2 N–H and O–H groups in total. The summed E-state index contributed by atoms with van der Waals surface area (Å²) in [5, 5.41) is 11.6. The Morgan fingerprint density at radius 3 is 2.12 bits per heavy atom. The first kappa shape index (κ1) is 16.6. The van der Waals surface area contributed by atoms with E-state index in [1.165, 1.54) is 0 Å². The van der Waals surface area contributed by atoms with Crippen LogP contribution in [0.3, 0.4) is 0 Å². The van der Waals surface area contributed by atoms with Crippen LogP contribution in [0.1, 0.15) is 17.0 Å². The molecule has 24 heavy (non-hydrogen) atoms. The van der Waals surface area contributed by atoms with Crippen molar-refractivity contribution in [3.63, 3.8) is 0 Å². The second-order valence-corrected chi connectivity index (χ2v) is 6.31. The summed E-state index contributed by atoms with van der Waals surface area (Å²) in [5.74, 6) is -1.12. The van der Waals surface area contributed by atoms with Crippen LogP contribution in [-0.4, -0.2) is 45.8 Å². The normalized spacial score (nSPS) is 13.7. The van der Waals surface area contributed by atoms with Crippen LogP contribution in [0.2, 0.25) is 5.32 Å². The van der Waals surface area contributed by atoms with Gasteiger partial charge < -0.3 is 0 Å². The van der Waals surface area contributed by atoms with Crippen molar-refractivity contribution in [3.8, 4) is 11.1 Å². The van der Waals surface area contributed by atoms with Gasteiger partial charge in [0.25, 0.3) is 0 Å². The summed E-state index contributed by atoms with van der Waals surface area (Å²) in [6.45, 7) is 0.171. The average Bonchev–Trinajstić information content (AvgIpc) is 2.91. The Morgan fingerprint density at radius 2 is 1.62 bits per heavy atom. The van der Waals surface area contributed by atoms with Crippen LogP contribution in [0.4, 0.5) is 4.79 Å². The topological polar surface area (TPSA) is 75.6 Å². The molecule has 124 valence electrons. The van der Waals surface area contributed by atoms with Crippen LogP contribution in [0.25, 0.3) is 11.1 Å². The van der Waals surface area contributed by atoms with Gasteiger partial charge in [0.1, 0.15) is 0 Å². The second-order valence-electron chi connectivity index (χ2n) is 5.54. The van der Waals surface area contributed by atoms with Gasteiger partial charge in [-0.2, -0.15) is 0 Å².